The quantitative estimate of drug-likeness (QED) is 0.488. The smallest absolute Gasteiger partial charge is 0.299 e. The first-order valence-electron chi connectivity index (χ1n) is 12.2. The second-order valence-electron chi connectivity index (χ2n) is 9.43. The lowest BCUT2D eigenvalue weighted by Gasteiger charge is -2.34. The molecule has 2 saturated heterocycles. The fourth-order valence-corrected chi connectivity index (χ4v) is 5.27. The molecule has 0 spiro atoms. The Bertz CT molecular complexity index is 1290. The van der Waals surface area contributed by atoms with Gasteiger partial charge < -0.3 is 14.6 Å². The summed E-state index contributed by atoms with van der Waals surface area (Å²) in [5.41, 5.74) is 3.82. The van der Waals surface area contributed by atoms with Crippen LogP contribution in [0.25, 0.3) is 22.0 Å². The van der Waals surface area contributed by atoms with Crippen molar-refractivity contribution in [2.24, 2.45) is 0 Å². The summed E-state index contributed by atoms with van der Waals surface area (Å²) >= 11 is 0. The number of hydrogen-bond donors (Lipinski definition) is 1. The summed E-state index contributed by atoms with van der Waals surface area (Å²) in [7, 11) is 0. The minimum Gasteiger partial charge on any atom is -0.423 e. The van der Waals surface area contributed by atoms with Crippen LogP contribution in [0.5, 0.6) is 0 Å². The first kappa shape index (κ1) is 21.1. The Hall–Kier alpha value is -3.45. The van der Waals surface area contributed by atoms with E-state index in [2.05, 4.69) is 32.3 Å². The van der Waals surface area contributed by atoms with Crippen LogP contribution in [-0.2, 0) is 11.3 Å². The summed E-state index contributed by atoms with van der Waals surface area (Å²) in [6, 6.07) is 18.7. The van der Waals surface area contributed by atoms with Crippen molar-refractivity contribution in [3.63, 3.8) is 0 Å². The lowest BCUT2D eigenvalue weighted by atomic mass is 10.0. The molecule has 174 valence electrons. The summed E-state index contributed by atoms with van der Waals surface area (Å²) in [5.74, 6) is 0.0844. The second kappa shape index (κ2) is 9.06. The van der Waals surface area contributed by atoms with Gasteiger partial charge in [0, 0.05) is 43.8 Å². The minimum atomic E-state index is -0.236. The van der Waals surface area contributed by atoms with Crippen LogP contribution in [0.15, 0.2) is 65.2 Å². The number of benzene rings is 2. The van der Waals surface area contributed by atoms with Crippen molar-refractivity contribution < 1.29 is 9.21 Å². The molecule has 4 heterocycles. The summed E-state index contributed by atoms with van der Waals surface area (Å²) in [5, 5.41) is 4.49. The number of para-hydroxylation sites is 3. The van der Waals surface area contributed by atoms with Crippen molar-refractivity contribution in [2.45, 2.75) is 44.3 Å². The zero-order chi connectivity index (χ0) is 22.9. The molecule has 2 aromatic heterocycles. The Kier molecular flexibility index (Phi) is 5.63. The van der Waals surface area contributed by atoms with Crippen LogP contribution >= 0.6 is 0 Å². The Morgan fingerprint density at radius 2 is 1.88 bits per heavy atom. The van der Waals surface area contributed by atoms with Gasteiger partial charge in [0.15, 0.2) is 5.58 Å². The summed E-state index contributed by atoms with van der Waals surface area (Å²) in [6.07, 6.45) is 5.83. The molecule has 2 aromatic carbocycles. The standard InChI is InChI=1S/C27H29N5O2/c33-26(24-10-5-6-13-32(24)27-30-23-9-3-4-11-25(23)34-27)29-21-12-14-31(18-21)17-19-15-20-7-1-2-8-22(20)28-16-19/h1-4,7-9,11,15-16,21,24H,5-6,10,12-14,17-18H2,(H,29,33)/t21-,24-/m0/s1. The number of piperidine rings is 1. The third-order valence-electron chi connectivity index (χ3n) is 7.01. The number of amides is 1. The van der Waals surface area contributed by atoms with Crippen LogP contribution in [0.4, 0.5) is 6.01 Å². The third-order valence-corrected chi connectivity index (χ3v) is 7.01. The van der Waals surface area contributed by atoms with Crippen molar-refractivity contribution in [2.75, 3.05) is 24.5 Å². The molecule has 0 bridgehead atoms. The van der Waals surface area contributed by atoms with Gasteiger partial charge in [0.1, 0.15) is 11.6 Å². The lowest BCUT2D eigenvalue weighted by Crippen LogP contribution is -2.52. The van der Waals surface area contributed by atoms with E-state index < -0.39 is 0 Å². The van der Waals surface area contributed by atoms with E-state index in [-0.39, 0.29) is 18.0 Å². The highest BCUT2D eigenvalue weighted by Gasteiger charge is 2.34. The van der Waals surface area contributed by atoms with Gasteiger partial charge in [0.05, 0.1) is 5.52 Å². The minimum absolute atomic E-state index is 0.0844. The van der Waals surface area contributed by atoms with E-state index >= 15 is 0 Å². The van der Waals surface area contributed by atoms with Gasteiger partial charge in [-0.3, -0.25) is 14.7 Å². The molecule has 2 fully saturated rings. The molecule has 2 atom stereocenters. The second-order valence-corrected chi connectivity index (χ2v) is 9.43. The molecule has 0 radical (unpaired) electrons. The number of nitrogens with zero attached hydrogens (tertiary/aromatic N) is 4. The zero-order valence-electron chi connectivity index (χ0n) is 19.2. The molecule has 2 aliphatic heterocycles. The van der Waals surface area contributed by atoms with E-state index in [9.17, 15) is 4.79 Å². The average molecular weight is 456 g/mol. The summed E-state index contributed by atoms with van der Waals surface area (Å²) < 4.78 is 5.99. The van der Waals surface area contributed by atoms with Gasteiger partial charge in [0.2, 0.25) is 5.91 Å². The number of oxazole rings is 1. The van der Waals surface area contributed by atoms with Gasteiger partial charge in [0.25, 0.3) is 6.01 Å². The normalized spacial score (nSPS) is 21.4. The van der Waals surface area contributed by atoms with Crippen LogP contribution < -0.4 is 10.2 Å². The van der Waals surface area contributed by atoms with Crippen molar-refractivity contribution in [1.29, 1.82) is 0 Å². The Morgan fingerprint density at radius 1 is 1.03 bits per heavy atom. The van der Waals surface area contributed by atoms with Crippen molar-refractivity contribution >= 4 is 33.9 Å². The predicted molar refractivity (Wildman–Crippen MR) is 133 cm³/mol. The number of hydrogen-bond acceptors (Lipinski definition) is 6. The van der Waals surface area contributed by atoms with Gasteiger partial charge in [-0.1, -0.05) is 30.3 Å². The van der Waals surface area contributed by atoms with Crippen LogP contribution in [0.1, 0.15) is 31.2 Å². The number of pyridine rings is 1. The van der Waals surface area contributed by atoms with E-state index in [1.54, 1.807) is 0 Å². The molecule has 7 nitrogen and oxygen atoms in total. The Balaban J connectivity index is 1.10. The molecule has 4 aromatic rings. The van der Waals surface area contributed by atoms with Gasteiger partial charge in [-0.05, 0) is 55.5 Å². The molecule has 0 aliphatic carbocycles. The number of nitrogens with one attached hydrogen (secondary N) is 1. The third kappa shape index (κ3) is 4.23. The molecule has 1 amide bonds. The van der Waals surface area contributed by atoms with E-state index in [1.807, 2.05) is 53.6 Å². The van der Waals surface area contributed by atoms with Crippen molar-refractivity contribution in [1.82, 2.24) is 20.2 Å². The van der Waals surface area contributed by atoms with E-state index in [4.69, 9.17) is 4.42 Å². The van der Waals surface area contributed by atoms with E-state index in [0.29, 0.717) is 6.01 Å². The first-order chi connectivity index (χ1) is 16.7. The van der Waals surface area contributed by atoms with Crippen LogP contribution in [0, 0.1) is 0 Å². The molecular formula is C27H29N5O2. The zero-order valence-corrected chi connectivity index (χ0v) is 19.2. The Labute approximate surface area is 198 Å². The number of likely N-dealkylation sites (tertiary alicyclic amines) is 1. The number of anilines is 1. The maximum absolute atomic E-state index is 13.3. The highest BCUT2D eigenvalue weighted by Crippen LogP contribution is 2.28. The number of fused-ring (bicyclic) bond motifs is 2. The fourth-order valence-electron chi connectivity index (χ4n) is 5.27. The SMILES string of the molecule is O=C(N[C@H]1CCN(Cc2cnc3ccccc3c2)C1)[C@@H]1CCCCN1c1nc2ccccc2o1. The Morgan fingerprint density at radius 3 is 2.79 bits per heavy atom. The average Bonchev–Trinajstić information content (AvgIpc) is 3.50. The number of aromatic nitrogens is 2. The van der Waals surface area contributed by atoms with Gasteiger partial charge >= 0.3 is 0 Å². The molecule has 7 heteroatoms. The highest BCUT2D eigenvalue weighted by molar-refractivity contribution is 5.86. The largest absolute Gasteiger partial charge is 0.423 e. The lowest BCUT2D eigenvalue weighted by molar-refractivity contribution is -0.123. The molecule has 0 saturated carbocycles. The van der Waals surface area contributed by atoms with E-state index in [1.165, 1.54) is 10.9 Å². The number of carbonyl (C=O) groups excluding carboxylic acids is 1. The predicted octanol–water partition coefficient (Wildman–Crippen LogP) is 4.13. The molecule has 1 N–H and O–H groups in total. The van der Waals surface area contributed by atoms with Crippen LogP contribution in [0.2, 0.25) is 0 Å². The van der Waals surface area contributed by atoms with Gasteiger partial charge in [-0.25, -0.2) is 0 Å². The molecule has 0 unspecified atom stereocenters. The van der Waals surface area contributed by atoms with Gasteiger partial charge in [-0.2, -0.15) is 4.98 Å². The number of carbonyl (C=O) groups is 1. The fraction of sp³-hybridized carbons (Fsp3) is 0.370. The maximum atomic E-state index is 13.3. The topological polar surface area (TPSA) is 74.5 Å². The number of rotatable bonds is 5. The summed E-state index contributed by atoms with van der Waals surface area (Å²) in [4.78, 5) is 27.0. The van der Waals surface area contributed by atoms with Crippen molar-refractivity contribution in [3.05, 3.63) is 66.4 Å². The van der Waals surface area contributed by atoms with Crippen molar-refractivity contribution in [3.8, 4) is 0 Å². The highest BCUT2D eigenvalue weighted by atomic mass is 16.4. The molecule has 34 heavy (non-hydrogen) atoms. The first-order valence-corrected chi connectivity index (χ1v) is 12.2. The summed E-state index contributed by atoms with van der Waals surface area (Å²) in [6.45, 7) is 3.46. The monoisotopic (exact) mass is 455 g/mol. The van der Waals surface area contributed by atoms with Crippen LogP contribution in [-0.4, -0.2) is 52.5 Å². The van der Waals surface area contributed by atoms with Crippen LogP contribution in [0.3, 0.4) is 0 Å². The molecule has 2 aliphatic rings. The van der Waals surface area contributed by atoms with E-state index in [0.717, 1.165) is 68.5 Å². The molecular weight excluding hydrogens is 426 g/mol. The maximum Gasteiger partial charge on any atom is 0.299 e. The molecule has 6 rings (SSSR count). The van der Waals surface area contributed by atoms with Gasteiger partial charge in [-0.15, -0.1) is 0 Å².